The van der Waals surface area contributed by atoms with Gasteiger partial charge in [0.05, 0.1) is 5.52 Å². The molecule has 6 heteroatoms. The predicted octanol–water partition coefficient (Wildman–Crippen LogP) is 5.45. The molecule has 1 fully saturated rings. The van der Waals surface area contributed by atoms with Gasteiger partial charge in [0.25, 0.3) is 0 Å². The van der Waals surface area contributed by atoms with Crippen LogP contribution >= 0.6 is 0 Å². The lowest BCUT2D eigenvalue weighted by atomic mass is 9.94. The molecule has 1 aliphatic rings. The van der Waals surface area contributed by atoms with Gasteiger partial charge in [-0.05, 0) is 62.2 Å². The topological polar surface area (TPSA) is 63.1 Å². The summed E-state index contributed by atoms with van der Waals surface area (Å²) in [6, 6.07) is 19.5. The monoisotopic (exact) mass is 481 g/mol. The van der Waals surface area contributed by atoms with Crippen molar-refractivity contribution in [3.8, 4) is 22.4 Å². The largest absolute Gasteiger partial charge is 0.353 e. The Bertz CT molecular complexity index is 1310. The molecule has 2 aromatic carbocycles. The van der Waals surface area contributed by atoms with Gasteiger partial charge < -0.3 is 10.2 Å². The van der Waals surface area contributed by atoms with Crippen LogP contribution in [0.2, 0.25) is 0 Å². The standard InChI is InChI=1S/C30H35N5O/c1-22-8-10-23(11-9-22)25-12-13-27-28(20-25)35(33-30(27)24-14-16-31-17-15-24)21-29(36)32-18-19-34(2)26-6-4-3-5-7-26/h8-17,20,26H,3-7,18-19,21H2,1-2H3,(H,32,36). The zero-order valence-corrected chi connectivity index (χ0v) is 21.3. The molecule has 0 unspecified atom stereocenters. The summed E-state index contributed by atoms with van der Waals surface area (Å²) in [4.78, 5) is 19.5. The van der Waals surface area contributed by atoms with Crippen LogP contribution in [0, 0.1) is 6.92 Å². The van der Waals surface area contributed by atoms with Crippen LogP contribution in [0.1, 0.15) is 37.7 Å². The van der Waals surface area contributed by atoms with Crippen molar-refractivity contribution in [2.75, 3.05) is 20.1 Å². The average Bonchev–Trinajstić information content (AvgIpc) is 3.27. The van der Waals surface area contributed by atoms with Gasteiger partial charge in [0.2, 0.25) is 5.91 Å². The summed E-state index contributed by atoms with van der Waals surface area (Å²) in [6.07, 6.45) is 10.1. The van der Waals surface area contributed by atoms with E-state index < -0.39 is 0 Å². The minimum atomic E-state index is -0.0153. The maximum atomic E-state index is 13.0. The van der Waals surface area contributed by atoms with Gasteiger partial charge in [-0.15, -0.1) is 0 Å². The molecule has 2 aromatic heterocycles. The maximum Gasteiger partial charge on any atom is 0.241 e. The van der Waals surface area contributed by atoms with E-state index in [2.05, 4.69) is 71.6 Å². The number of likely N-dealkylation sites (N-methyl/N-ethyl adjacent to an activating group) is 1. The molecule has 0 bridgehead atoms. The number of hydrogen-bond donors (Lipinski definition) is 1. The summed E-state index contributed by atoms with van der Waals surface area (Å²) < 4.78 is 1.84. The molecule has 186 valence electrons. The zero-order chi connectivity index (χ0) is 24.9. The van der Waals surface area contributed by atoms with Crippen molar-refractivity contribution in [2.45, 2.75) is 51.6 Å². The Hall–Kier alpha value is -3.51. The lowest BCUT2D eigenvalue weighted by Crippen LogP contribution is -2.40. The third-order valence-corrected chi connectivity index (χ3v) is 7.37. The number of nitrogens with zero attached hydrogens (tertiary/aromatic N) is 4. The number of nitrogens with one attached hydrogen (secondary N) is 1. The third-order valence-electron chi connectivity index (χ3n) is 7.37. The molecule has 0 spiro atoms. The first kappa shape index (κ1) is 24.2. The normalized spacial score (nSPS) is 14.4. The zero-order valence-electron chi connectivity index (χ0n) is 21.3. The van der Waals surface area contributed by atoms with E-state index in [1.807, 2.05) is 16.8 Å². The van der Waals surface area contributed by atoms with Crippen molar-refractivity contribution in [3.05, 3.63) is 72.6 Å². The summed E-state index contributed by atoms with van der Waals surface area (Å²) in [6.45, 7) is 3.80. The van der Waals surface area contributed by atoms with Crippen molar-refractivity contribution in [2.24, 2.45) is 0 Å². The Morgan fingerprint density at radius 1 is 0.972 bits per heavy atom. The van der Waals surface area contributed by atoms with E-state index in [0.29, 0.717) is 12.6 Å². The SMILES string of the molecule is Cc1ccc(-c2ccc3c(-c4ccncc4)nn(CC(=O)NCCN(C)C4CCCCC4)c3c2)cc1. The van der Waals surface area contributed by atoms with E-state index in [4.69, 9.17) is 5.10 Å². The van der Waals surface area contributed by atoms with Crippen LogP contribution in [0.15, 0.2) is 67.0 Å². The highest BCUT2D eigenvalue weighted by Crippen LogP contribution is 2.31. The van der Waals surface area contributed by atoms with Crippen molar-refractivity contribution in [1.29, 1.82) is 0 Å². The smallest absolute Gasteiger partial charge is 0.241 e. The quantitative estimate of drug-likeness (QED) is 0.363. The average molecular weight is 482 g/mol. The Balaban J connectivity index is 1.36. The summed E-state index contributed by atoms with van der Waals surface area (Å²) in [5, 5.41) is 9.03. The number of aryl methyl sites for hydroxylation is 1. The number of rotatable bonds is 8. The van der Waals surface area contributed by atoms with Crippen molar-refractivity contribution in [1.82, 2.24) is 25.0 Å². The van der Waals surface area contributed by atoms with Gasteiger partial charge in [0.1, 0.15) is 12.2 Å². The van der Waals surface area contributed by atoms with Gasteiger partial charge in [-0.2, -0.15) is 5.10 Å². The highest BCUT2D eigenvalue weighted by Gasteiger charge is 2.18. The first-order chi connectivity index (χ1) is 17.6. The second-order valence-corrected chi connectivity index (χ2v) is 9.96. The number of carbonyl (C=O) groups is 1. The van der Waals surface area contributed by atoms with Gasteiger partial charge in [0, 0.05) is 42.5 Å². The summed E-state index contributed by atoms with van der Waals surface area (Å²) in [5.74, 6) is -0.0153. The Morgan fingerprint density at radius 3 is 2.44 bits per heavy atom. The number of hydrogen-bond acceptors (Lipinski definition) is 4. The molecule has 1 aliphatic carbocycles. The van der Waals surface area contributed by atoms with Gasteiger partial charge in [-0.25, -0.2) is 0 Å². The summed E-state index contributed by atoms with van der Waals surface area (Å²) in [5.41, 5.74) is 6.31. The highest BCUT2D eigenvalue weighted by atomic mass is 16.2. The molecule has 1 saturated carbocycles. The number of fused-ring (bicyclic) bond motifs is 1. The molecule has 1 N–H and O–H groups in total. The van der Waals surface area contributed by atoms with E-state index in [1.54, 1.807) is 12.4 Å². The molecule has 0 radical (unpaired) electrons. The van der Waals surface area contributed by atoms with Crippen LogP contribution in [0.4, 0.5) is 0 Å². The van der Waals surface area contributed by atoms with Crippen LogP contribution in [-0.4, -0.2) is 51.8 Å². The van der Waals surface area contributed by atoms with Gasteiger partial charge in [-0.1, -0.05) is 55.2 Å². The second kappa shape index (κ2) is 11.0. The molecule has 1 amide bonds. The minimum absolute atomic E-state index is 0.0153. The van der Waals surface area contributed by atoms with Crippen molar-refractivity contribution >= 4 is 16.8 Å². The first-order valence-electron chi connectivity index (χ1n) is 13.0. The third kappa shape index (κ3) is 5.49. The van der Waals surface area contributed by atoms with Crippen LogP contribution < -0.4 is 5.32 Å². The van der Waals surface area contributed by atoms with E-state index in [0.717, 1.165) is 39.8 Å². The fraction of sp³-hybridized carbons (Fsp3) is 0.367. The molecular weight excluding hydrogens is 446 g/mol. The second-order valence-electron chi connectivity index (χ2n) is 9.96. The first-order valence-corrected chi connectivity index (χ1v) is 13.0. The number of aromatic nitrogens is 3. The summed E-state index contributed by atoms with van der Waals surface area (Å²) in [7, 11) is 2.18. The van der Waals surface area contributed by atoms with E-state index >= 15 is 0 Å². The fourth-order valence-corrected chi connectivity index (χ4v) is 5.21. The van der Waals surface area contributed by atoms with Crippen LogP contribution in [0.5, 0.6) is 0 Å². The van der Waals surface area contributed by atoms with Gasteiger partial charge >= 0.3 is 0 Å². The Labute approximate surface area is 213 Å². The molecule has 0 aliphatic heterocycles. The fourth-order valence-electron chi connectivity index (χ4n) is 5.21. The molecule has 4 aromatic rings. The molecule has 36 heavy (non-hydrogen) atoms. The maximum absolute atomic E-state index is 13.0. The Morgan fingerprint density at radius 2 is 1.69 bits per heavy atom. The lowest BCUT2D eigenvalue weighted by Gasteiger charge is -2.31. The molecule has 0 atom stereocenters. The molecular formula is C30H35N5O. The predicted molar refractivity (Wildman–Crippen MR) is 146 cm³/mol. The number of benzene rings is 2. The van der Waals surface area contributed by atoms with Crippen LogP contribution in [0.3, 0.4) is 0 Å². The number of amides is 1. The lowest BCUT2D eigenvalue weighted by molar-refractivity contribution is -0.121. The molecule has 5 rings (SSSR count). The van der Waals surface area contributed by atoms with E-state index in [1.165, 1.54) is 37.7 Å². The molecule has 2 heterocycles. The Kier molecular flexibility index (Phi) is 7.42. The van der Waals surface area contributed by atoms with E-state index in [-0.39, 0.29) is 12.5 Å². The number of pyridine rings is 1. The highest BCUT2D eigenvalue weighted by molar-refractivity contribution is 5.96. The number of carbonyl (C=O) groups excluding carboxylic acids is 1. The minimum Gasteiger partial charge on any atom is -0.353 e. The van der Waals surface area contributed by atoms with Crippen molar-refractivity contribution < 1.29 is 4.79 Å². The van der Waals surface area contributed by atoms with Crippen molar-refractivity contribution in [3.63, 3.8) is 0 Å². The van der Waals surface area contributed by atoms with Crippen LogP contribution in [0.25, 0.3) is 33.3 Å². The van der Waals surface area contributed by atoms with Gasteiger partial charge in [-0.3, -0.25) is 14.5 Å². The molecule has 6 nitrogen and oxygen atoms in total. The molecule has 0 saturated heterocycles. The van der Waals surface area contributed by atoms with E-state index in [9.17, 15) is 4.79 Å². The summed E-state index contributed by atoms with van der Waals surface area (Å²) >= 11 is 0. The van der Waals surface area contributed by atoms with Gasteiger partial charge in [0.15, 0.2) is 0 Å². The van der Waals surface area contributed by atoms with Crippen LogP contribution in [-0.2, 0) is 11.3 Å².